The minimum Gasteiger partial charge on any atom is -0.377 e. The zero-order chi connectivity index (χ0) is 14.8. The highest BCUT2D eigenvalue weighted by Gasteiger charge is 2.35. The lowest BCUT2D eigenvalue weighted by molar-refractivity contribution is -0.385. The van der Waals surface area contributed by atoms with E-state index in [9.17, 15) is 23.3 Å². The maximum absolute atomic E-state index is 12.9. The van der Waals surface area contributed by atoms with E-state index in [0.717, 1.165) is 12.1 Å². The number of aromatic nitrogens is 3. The van der Waals surface area contributed by atoms with Crippen LogP contribution in [-0.2, 0) is 12.7 Å². The number of rotatable bonds is 4. The van der Waals surface area contributed by atoms with Crippen molar-refractivity contribution in [1.82, 2.24) is 15.2 Å². The van der Waals surface area contributed by atoms with Crippen LogP contribution in [0.1, 0.15) is 11.4 Å². The third-order valence-corrected chi connectivity index (χ3v) is 2.43. The van der Waals surface area contributed by atoms with Gasteiger partial charge in [-0.1, -0.05) is 0 Å². The van der Waals surface area contributed by atoms with Crippen LogP contribution in [0.3, 0.4) is 0 Å². The van der Waals surface area contributed by atoms with Gasteiger partial charge in [-0.05, 0) is 6.07 Å². The van der Waals surface area contributed by atoms with E-state index in [1.54, 1.807) is 0 Å². The highest BCUT2D eigenvalue weighted by atomic mass is 19.4. The molecule has 2 rings (SSSR count). The van der Waals surface area contributed by atoms with E-state index >= 15 is 0 Å². The number of hydrogen-bond acceptors (Lipinski definition) is 5. The predicted octanol–water partition coefficient (Wildman–Crippen LogP) is 2.34. The average molecular weight is 287 g/mol. The zero-order valence-corrected chi connectivity index (χ0v) is 9.81. The molecule has 0 atom stereocenters. The molecule has 106 valence electrons. The number of halogens is 3. The second-order valence-electron chi connectivity index (χ2n) is 3.77. The Labute approximate surface area is 110 Å². The van der Waals surface area contributed by atoms with Gasteiger partial charge in [-0.2, -0.15) is 18.3 Å². The zero-order valence-electron chi connectivity index (χ0n) is 9.81. The van der Waals surface area contributed by atoms with Gasteiger partial charge in [-0.25, -0.2) is 4.98 Å². The summed E-state index contributed by atoms with van der Waals surface area (Å²) in [5, 5.41) is 19.1. The van der Waals surface area contributed by atoms with Crippen molar-refractivity contribution in [3.8, 4) is 0 Å². The summed E-state index contributed by atoms with van der Waals surface area (Å²) in [4.78, 5) is 13.4. The summed E-state index contributed by atoms with van der Waals surface area (Å²) in [7, 11) is 0. The maximum atomic E-state index is 12.9. The second-order valence-corrected chi connectivity index (χ2v) is 3.77. The van der Waals surface area contributed by atoms with Gasteiger partial charge in [-0.3, -0.25) is 15.2 Å². The molecule has 0 amide bonds. The van der Waals surface area contributed by atoms with Crippen molar-refractivity contribution in [2.75, 3.05) is 5.32 Å². The summed E-state index contributed by atoms with van der Waals surface area (Å²) in [5.74, 6) is 0.344. The Kier molecular flexibility index (Phi) is 3.55. The number of nitro benzene ring substituents is 1. The normalized spacial score (nSPS) is 11.3. The van der Waals surface area contributed by atoms with E-state index in [2.05, 4.69) is 20.5 Å². The van der Waals surface area contributed by atoms with Crippen molar-refractivity contribution >= 4 is 11.4 Å². The van der Waals surface area contributed by atoms with Crippen LogP contribution >= 0.6 is 0 Å². The van der Waals surface area contributed by atoms with Crippen molar-refractivity contribution in [3.63, 3.8) is 0 Å². The molecule has 0 unspecified atom stereocenters. The van der Waals surface area contributed by atoms with Gasteiger partial charge < -0.3 is 5.32 Å². The molecule has 20 heavy (non-hydrogen) atoms. The molecule has 2 N–H and O–H groups in total. The number of H-pyrrole nitrogens is 1. The van der Waals surface area contributed by atoms with Crippen LogP contribution in [0.5, 0.6) is 0 Å². The molecule has 10 heteroatoms. The van der Waals surface area contributed by atoms with E-state index < -0.39 is 22.4 Å². The Bertz CT molecular complexity index is 612. The largest absolute Gasteiger partial charge is 0.418 e. The number of non-ortho nitro benzene ring substituents is 1. The fourth-order valence-corrected chi connectivity index (χ4v) is 1.53. The van der Waals surface area contributed by atoms with Crippen LogP contribution in [-0.4, -0.2) is 20.1 Å². The van der Waals surface area contributed by atoms with Crippen LogP contribution in [0.15, 0.2) is 24.5 Å². The van der Waals surface area contributed by atoms with E-state index in [-0.39, 0.29) is 12.2 Å². The van der Waals surface area contributed by atoms with E-state index in [1.807, 2.05) is 0 Å². The first-order valence-corrected chi connectivity index (χ1v) is 5.31. The van der Waals surface area contributed by atoms with Crippen LogP contribution in [0.25, 0.3) is 0 Å². The van der Waals surface area contributed by atoms with Crippen LogP contribution < -0.4 is 5.32 Å². The average Bonchev–Trinajstić information content (AvgIpc) is 2.88. The quantitative estimate of drug-likeness (QED) is 0.664. The summed E-state index contributed by atoms with van der Waals surface area (Å²) in [5.41, 5.74) is -1.99. The van der Waals surface area contributed by atoms with Crippen LogP contribution in [0.2, 0.25) is 0 Å². The highest BCUT2D eigenvalue weighted by Crippen LogP contribution is 2.37. The molecule has 0 bridgehead atoms. The number of anilines is 1. The van der Waals surface area contributed by atoms with E-state index in [1.165, 1.54) is 6.33 Å². The summed E-state index contributed by atoms with van der Waals surface area (Å²) in [6, 6.07) is 2.50. The number of hydrogen-bond donors (Lipinski definition) is 2. The van der Waals surface area contributed by atoms with Crippen molar-refractivity contribution in [3.05, 3.63) is 46.0 Å². The molecule has 0 saturated carbocycles. The lowest BCUT2D eigenvalue weighted by Crippen LogP contribution is -2.12. The molecule has 1 heterocycles. The van der Waals surface area contributed by atoms with Crippen LogP contribution in [0, 0.1) is 10.1 Å². The molecule has 0 aliphatic carbocycles. The number of nitrogens with zero attached hydrogens (tertiary/aromatic N) is 3. The Morgan fingerprint density at radius 1 is 1.40 bits per heavy atom. The fourth-order valence-electron chi connectivity index (χ4n) is 1.53. The second kappa shape index (κ2) is 5.15. The first-order valence-electron chi connectivity index (χ1n) is 5.31. The Balaban J connectivity index is 2.29. The standard InChI is InChI=1S/C10H8F3N5O2/c11-10(12,13)7-3-6(18(19)20)1-2-8(7)14-4-9-15-5-16-17-9/h1-3,5,14H,4H2,(H,15,16,17). The molecule has 0 radical (unpaired) electrons. The minimum atomic E-state index is -4.70. The summed E-state index contributed by atoms with van der Waals surface area (Å²) >= 11 is 0. The van der Waals surface area contributed by atoms with Gasteiger partial charge in [-0.15, -0.1) is 0 Å². The molecular formula is C10H8F3N5O2. The lowest BCUT2D eigenvalue weighted by Gasteiger charge is -2.13. The van der Waals surface area contributed by atoms with Gasteiger partial charge in [0.25, 0.3) is 5.69 Å². The van der Waals surface area contributed by atoms with Crippen molar-refractivity contribution < 1.29 is 18.1 Å². The molecule has 2 aromatic rings. The molecule has 1 aromatic heterocycles. The molecule has 0 saturated heterocycles. The number of benzene rings is 1. The van der Waals surface area contributed by atoms with E-state index in [0.29, 0.717) is 11.9 Å². The lowest BCUT2D eigenvalue weighted by atomic mass is 10.1. The SMILES string of the molecule is O=[N+]([O-])c1ccc(NCc2ncn[nH]2)c(C(F)(F)F)c1. The molecule has 0 aliphatic heterocycles. The Morgan fingerprint density at radius 3 is 2.70 bits per heavy atom. The predicted molar refractivity (Wildman–Crippen MR) is 61.8 cm³/mol. The van der Waals surface area contributed by atoms with Crippen molar-refractivity contribution in [2.24, 2.45) is 0 Å². The Hall–Kier alpha value is -2.65. The molecular weight excluding hydrogens is 279 g/mol. The molecule has 1 aromatic carbocycles. The van der Waals surface area contributed by atoms with Gasteiger partial charge in [0.15, 0.2) is 0 Å². The van der Waals surface area contributed by atoms with Gasteiger partial charge in [0, 0.05) is 17.8 Å². The number of alkyl halides is 3. The number of nitrogens with one attached hydrogen (secondary N) is 2. The third-order valence-electron chi connectivity index (χ3n) is 2.43. The number of aromatic amines is 1. The van der Waals surface area contributed by atoms with Gasteiger partial charge in [0.05, 0.1) is 17.0 Å². The minimum absolute atomic E-state index is 0.0130. The monoisotopic (exact) mass is 287 g/mol. The summed E-state index contributed by atoms with van der Waals surface area (Å²) < 4.78 is 38.6. The molecule has 0 fully saturated rings. The van der Waals surface area contributed by atoms with Crippen LogP contribution in [0.4, 0.5) is 24.5 Å². The van der Waals surface area contributed by atoms with Gasteiger partial charge in [0.1, 0.15) is 12.2 Å². The molecule has 7 nitrogen and oxygen atoms in total. The highest BCUT2D eigenvalue weighted by molar-refractivity contribution is 5.57. The van der Waals surface area contributed by atoms with Gasteiger partial charge in [0.2, 0.25) is 0 Å². The van der Waals surface area contributed by atoms with Gasteiger partial charge >= 0.3 is 6.18 Å². The number of nitro groups is 1. The van der Waals surface area contributed by atoms with Crippen molar-refractivity contribution in [2.45, 2.75) is 12.7 Å². The molecule has 0 aliphatic rings. The molecule has 0 spiro atoms. The summed E-state index contributed by atoms with van der Waals surface area (Å²) in [6.07, 6.45) is -3.48. The van der Waals surface area contributed by atoms with E-state index in [4.69, 9.17) is 0 Å². The Morgan fingerprint density at radius 2 is 2.15 bits per heavy atom. The topological polar surface area (TPSA) is 96.7 Å². The maximum Gasteiger partial charge on any atom is 0.418 e. The first-order chi connectivity index (χ1) is 9.38. The smallest absolute Gasteiger partial charge is 0.377 e. The first kappa shape index (κ1) is 13.8. The van der Waals surface area contributed by atoms with Crippen molar-refractivity contribution in [1.29, 1.82) is 0 Å². The summed E-state index contributed by atoms with van der Waals surface area (Å²) in [6.45, 7) is -0.0130. The fraction of sp³-hybridized carbons (Fsp3) is 0.200. The third kappa shape index (κ3) is 3.02.